The molecular weight excluding hydrogens is 250 g/mol. The Labute approximate surface area is 118 Å². The van der Waals surface area contributed by atoms with Crippen molar-refractivity contribution in [3.05, 3.63) is 29.8 Å². The molecule has 0 bridgehead atoms. The zero-order valence-corrected chi connectivity index (χ0v) is 11.8. The highest BCUT2D eigenvalue weighted by molar-refractivity contribution is 5.94. The van der Waals surface area contributed by atoms with Gasteiger partial charge in [-0.25, -0.2) is 0 Å². The van der Waals surface area contributed by atoms with Gasteiger partial charge in [-0.2, -0.15) is 0 Å². The number of anilines is 1. The third kappa shape index (κ3) is 5.38. The molecule has 0 fully saturated rings. The van der Waals surface area contributed by atoms with Crippen LogP contribution in [0.4, 0.5) is 5.69 Å². The normalized spacial score (nSPS) is 9.94. The first-order valence-corrected chi connectivity index (χ1v) is 6.03. The van der Waals surface area contributed by atoms with Crippen LogP contribution in [-0.4, -0.2) is 37.0 Å². The first kappa shape index (κ1) is 16.7. The molecule has 1 aromatic rings. The fourth-order valence-corrected chi connectivity index (χ4v) is 1.60. The summed E-state index contributed by atoms with van der Waals surface area (Å²) in [7, 11) is 0. The van der Waals surface area contributed by atoms with Gasteiger partial charge in [0.15, 0.2) is 0 Å². The molecule has 0 aliphatic rings. The van der Waals surface area contributed by atoms with Crippen LogP contribution in [0.2, 0.25) is 0 Å². The molecule has 1 rings (SSSR count). The lowest BCUT2D eigenvalue weighted by atomic mass is 10.2. The van der Waals surface area contributed by atoms with Crippen molar-refractivity contribution in [2.45, 2.75) is 13.8 Å². The topological polar surface area (TPSA) is 58.4 Å². The van der Waals surface area contributed by atoms with Gasteiger partial charge in [0.25, 0.3) is 5.91 Å². The van der Waals surface area contributed by atoms with Crippen molar-refractivity contribution in [3.8, 4) is 0 Å². The average molecular weight is 276 g/mol. The fraction of sp³-hybridized carbons (Fsp3) is 0.462. The van der Waals surface area contributed by atoms with E-state index in [9.17, 15) is 4.79 Å². The Balaban J connectivity index is -0.000000963. The highest BCUT2D eigenvalue weighted by Gasteiger charge is 2.05. The smallest absolute Gasteiger partial charge is 0.251 e. The van der Waals surface area contributed by atoms with Crippen molar-refractivity contribution >= 4 is 24.0 Å². The number of hydrogen-bond donors (Lipinski definition) is 2. The van der Waals surface area contributed by atoms with Gasteiger partial charge in [0, 0.05) is 27.2 Å². The Morgan fingerprint density at radius 3 is 2.33 bits per heavy atom. The lowest BCUT2D eigenvalue weighted by Gasteiger charge is -2.17. The van der Waals surface area contributed by atoms with Gasteiger partial charge < -0.3 is 16.0 Å². The molecule has 0 radical (unpaired) electrons. The number of nitrogens with zero attached hydrogens (tertiary/aromatic N) is 1. The number of hydrogen-bond acceptors (Lipinski definition) is 3. The Kier molecular flexibility index (Phi) is 8.16. The van der Waals surface area contributed by atoms with Crippen LogP contribution < -0.4 is 11.1 Å². The summed E-state index contributed by atoms with van der Waals surface area (Å²) in [6.45, 7) is 7.80. The maximum atomic E-state index is 11.7. The molecule has 0 aliphatic carbocycles. The summed E-state index contributed by atoms with van der Waals surface area (Å²) in [5, 5.41) is 2.90. The van der Waals surface area contributed by atoms with E-state index in [1.165, 1.54) is 0 Å². The highest BCUT2D eigenvalue weighted by atomic mass is 35.5. The largest absolute Gasteiger partial charge is 0.399 e. The van der Waals surface area contributed by atoms with E-state index in [0.29, 0.717) is 17.8 Å². The van der Waals surface area contributed by atoms with Gasteiger partial charge in [-0.05, 0) is 37.4 Å². The first-order valence-electron chi connectivity index (χ1n) is 6.03. The molecule has 0 aliphatic heterocycles. The summed E-state index contributed by atoms with van der Waals surface area (Å²) in [5.74, 6) is -0.0443. The summed E-state index contributed by atoms with van der Waals surface area (Å²) in [5.41, 5.74) is 6.89. The summed E-state index contributed by atoms with van der Waals surface area (Å²) in [6, 6.07) is 6.95. The van der Waals surface area contributed by atoms with E-state index in [4.69, 9.17) is 5.73 Å². The number of carbonyl (C=O) groups is 1. The number of nitrogens with two attached hydrogens (primary N) is 1. The zero-order valence-electron chi connectivity index (χ0n) is 11.0. The Morgan fingerprint density at radius 1 is 1.28 bits per heavy atom. The monoisotopic (exact) mass is 275 g/mol. The van der Waals surface area contributed by atoms with E-state index in [1.54, 1.807) is 24.3 Å². The molecule has 18 heavy (non-hydrogen) atoms. The van der Waals surface area contributed by atoms with Gasteiger partial charge in [-0.15, -0.1) is 12.4 Å². The molecule has 0 spiro atoms. The van der Waals surface area contributed by atoms with Crippen LogP contribution in [0.25, 0.3) is 0 Å². The number of likely N-dealkylation sites (N-methyl/N-ethyl adjacent to an activating group) is 1. The van der Waals surface area contributed by atoms with Gasteiger partial charge in [0.1, 0.15) is 0 Å². The molecule has 5 heteroatoms. The standard InChI is InChI=1S/C13H21N3O.ClH.2H2/c1-3-16(4-2)10-9-15-13(17)11-5-7-12(14)8-6-11;;;/h5-8H,3-4,9-10,14H2,1-2H3,(H,15,17);3*1H. The maximum absolute atomic E-state index is 11.7. The van der Waals surface area contributed by atoms with Gasteiger partial charge >= 0.3 is 0 Å². The van der Waals surface area contributed by atoms with Crippen molar-refractivity contribution in [1.29, 1.82) is 0 Å². The third-order valence-corrected chi connectivity index (χ3v) is 2.78. The second kappa shape index (κ2) is 8.78. The molecule has 0 aromatic heterocycles. The zero-order chi connectivity index (χ0) is 12.7. The lowest BCUT2D eigenvalue weighted by Crippen LogP contribution is -2.34. The Hall–Kier alpha value is -1.26. The van der Waals surface area contributed by atoms with Crippen molar-refractivity contribution in [1.82, 2.24) is 10.2 Å². The van der Waals surface area contributed by atoms with E-state index in [2.05, 4.69) is 24.1 Å². The van der Waals surface area contributed by atoms with Gasteiger partial charge in [0.05, 0.1) is 0 Å². The molecule has 1 aromatic carbocycles. The second-order valence-corrected chi connectivity index (χ2v) is 3.90. The number of rotatable bonds is 6. The summed E-state index contributed by atoms with van der Waals surface area (Å²) < 4.78 is 0. The predicted octanol–water partition coefficient (Wildman–Crippen LogP) is 2.25. The third-order valence-electron chi connectivity index (χ3n) is 2.78. The van der Waals surface area contributed by atoms with Crippen LogP contribution in [0.5, 0.6) is 0 Å². The molecule has 4 nitrogen and oxygen atoms in total. The molecule has 3 N–H and O–H groups in total. The van der Waals surface area contributed by atoms with E-state index >= 15 is 0 Å². The fourth-order valence-electron chi connectivity index (χ4n) is 1.60. The lowest BCUT2D eigenvalue weighted by molar-refractivity contribution is 0.0949. The molecule has 0 heterocycles. The van der Waals surface area contributed by atoms with Crippen LogP contribution >= 0.6 is 12.4 Å². The van der Waals surface area contributed by atoms with Gasteiger partial charge in [-0.3, -0.25) is 4.79 Å². The minimum atomic E-state index is -0.0443. The number of benzene rings is 1. The Morgan fingerprint density at radius 2 is 1.83 bits per heavy atom. The van der Waals surface area contributed by atoms with Crippen molar-refractivity contribution < 1.29 is 7.65 Å². The number of nitrogens with one attached hydrogen (secondary N) is 1. The van der Waals surface area contributed by atoms with Gasteiger partial charge in [-0.1, -0.05) is 13.8 Å². The molecule has 0 unspecified atom stereocenters. The van der Waals surface area contributed by atoms with Crippen molar-refractivity contribution in [2.24, 2.45) is 0 Å². The van der Waals surface area contributed by atoms with E-state index in [-0.39, 0.29) is 21.2 Å². The average Bonchev–Trinajstić information content (AvgIpc) is 2.35. The number of carbonyl (C=O) groups excluding carboxylic acids is 1. The summed E-state index contributed by atoms with van der Waals surface area (Å²) in [6.07, 6.45) is 0. The highest BCUT2D eigenvalue weighted by Crippen LogP contribution is 2.04. The van der Waals surface area contributed by atoms with E-state index < -0.39 is 0 Å². The maximum Gasteiger partial charge on any atom is 0.251 e. The molecule has 0 saturated carbocycles. The molecule has 0 saturated heterocycles. The predicted molar refractivity (Wildman–Crippen MR) is 82.5 cm³/mol. The van der Waals surface area contributed by atoms with Crippen LogP contribution in [0.3, 0.4) is 0 Å². The van der Waals surface area contributed by atoms with E-state index in [1.807, 2.05) is 0 Å². The SMILES string of the molecule is CCN(CC)CCNC(=O)c1ccc(N)cc1.Cl.[HH].[HH]. The van der Waals surface area contributed by atoms with Crippen LogP contribution in [0.15, 0.2) is 24.3 Å². The van der Waals surface area contributed by atoms with Crippen molar-refractivity contribution in [2.75, 3.05) is 31.9 Å². The second-order valence-electron chi connectivity index (χ2n) is 3.90. The molecule has 106 valence electrons. The van der Waals surface area contributed by atoms with Gasteiger partial charge in [0.2, 0.25) is 0 Å². The van der Waals surface area contributed by atoms with Crippen LogP contribution in [-0.2, 0) is 0 Å². The number of amides is 1. The van der Waals surface area contributed by atoms with Crippen molar-refractivity contribution in [3.63, 3.8) is 0 Å². The number of halogens is 1. The molecule has 0 atom stereocenters. The van der Waals surface area contributed by atoms with Crippen LogP contribution in [0, 0.1) is 0 Å². The Bertz CT molecular complexity index is 359. The molecule has 1 amide bonds. The van der Waals surface area contributed by atoms with Crippen LogP contribution in [0.1, 0.15) is 27.1 Å². The first-order chi connectivity index (χ1) is 8.17. The minimum absolute atomic E-state index is 0. The molecular formula is C13H26ClN3O. The minimum Gasteiger partial charge on any atom is -0.399 e. The quantitative estimate of drug-likeness (QED) is 0.783. The summed E-state index contributed by atoms with van der Waals surface area (Å²) in [4.78, 5) is 14.0. The number of nitrogen functional groups attached to an aromatic ring is 1. The van der Waals surface area contributed by atoms with E-state index in [0.717, 1.165) is 19.6 Å². The summed E-state index contributed by atoms with van der Waals surface area (Å²) >= 11 is 0.